The number of unbranched alkanes of at least 4 members (excludes halogenated alkanes) is 7. The van der Waals surface area contributed by atoms with Crippen LogP contribution < -0.4 is 0 Å². The van der Waals surface area contributed by atoms with Crippen LogP contribution in [0.3, 0.4) is 0 Å². The van der Waals surface area contributed by atoms with Gasteiger partial charge in [-0.3, -0.25) is 0 Å². The highest BCUT2D eigenvalue weighted by Gasteiger charge is 2.02. The molecule has 0 bridgehead atoms. The van der Waals surface area contributed by atoms with Gasteiger partial charge in [-0.15, -0.1) is 24.2 Å². The van der Waals surface area contributed by atoms with Gasteiger partial charge in [0.1, 0.15) is 0 Å². The van der Waals surface area contributed by atoms with E-state index in [1.807, 2.05) is 11.8 Å². The SMILES string of the molecule is CCCCCCCCCCN1C=CSC1.Cl. The van der Waals surface area contributed by atoms with E-state index >= 15 is 0 Å². The molecule has 16 heavy (non-hydrogen) atoms. The lowest BCUT2D eigenvalue weighted by Gasteiger charge is -2.13. The van der Waals surface area contributed by atoms with E-state index in [0.717, 1.165) is 0 Å². The molecule has 0 fully saturated rings. The van der Waals surface area contributed by atoms with Crippen molar-refractivity contribution in [1.29, 1.82) is 0 Å². The van der Waals surface area contributed by atoms with Crippen LogP contribution in [-0.4, -0.2) is 17.3 Å². The van der Waals surface area contributed by atoms with Crippen LogP contribution in [0, 0.1) is 0 Å². The van der Waals surface area contributed by atoms with Crippen LogP contribution in [0.2, 0.25) is 0 Å². The van der Waals surface area contributed by atoms with E-state index in [2.05, 4.69) is 23.4 Å². The number of thioether (sulfide) groups is 1. The fourth-order valence-corrected chi connectivity index (χ4v) is 2.65. The van der Waals surface area contributed by atoms with Gasteiger partial charge in [-0.05, 0) is 11.8 Å². The summed E-state index contributed by atoms with van der Waals surface area (Å²) in [7, 11) is 0. The minimum Gasteiger partial charge on any atom is -0.367 e. The van der Waals surface area contributed by atoms with Crippen molar-refractivity contribution in [3.05, 3.63) is 11.6 Å². The zero-order chi connectivity index (χ0) is 10.8. The first kappa shape index (κ1) is 16.2. The van der Waals surface area contributed by atoms with Crippen LogP contribution in [0.15, 0.2) is 11.6 Å². The molecule has 0 aromatic rings. The highest BCUT2D eigenvalue weighted by atomic mass is 35.5. The third-order valence-corrected chi connectivity index (χ3v) is 3.70. The molecule has 96 valence electrons. The summed E-state index contributed by atoms with van der Waals surface area (Å²) in [6, 6.07) is 0. The molecule has 0 spiro atoms. The van der Waals surface area contributed by atoms with Crippen LogP contribution >= 0.6 is 24.2 Å². The Balaban J connectivity index is 0.00000225. The average molecular weight is 264 g/mol. The lowest BCUT2D eigenvalue weighted by atomic mass is 10.1. The van der Waals surface area contributed by atoms with Gasteiger partial charge in [-0.1, -0.05) is 51.9 Å². The fourth-order valence-electron chi connectivity index (χ4n) is 1.90. The largest absolute Gasteiger partial charge is 0.367 e. The Bertz CT molecular complexity index is 173. The third-order valence-electron chi connectivity index (χ3n) is 2.91. The molecule has 0 unspecified atom stereocenters. The Labute approximate surface area is 111 Å². The highest BCUT2D eigenvalue weighted by molar-refractivity contribution is 8.02. The second-order valence-electron chi connectivity index (χ2n) is 4.37. The van der Waals surface area contributed by atoms with Crippen molar-refractivity contribution in [2.45, 2.75) is 58.3 Å². The van der Waals surface area contributed by atoms with E-state index in [1.165, 1.54) is 63.8 Å². The molecule has 0 saturated heterocycles. The third kappa shape index (κ3) is 8.35. The van der Waals surface area contributed by atoms with Crippen molar-refractivity contribution >= 4 is 24.2 Å². The first-order valence-electron chi connectivity index (χ1n) is 6.46. The Morgan fingerprint density at radius 2 is 1.62 bits per heavy atom. The number of hydrogen-bond acceptors (Lipinski definition) is 2. The minimum atomic E-state index is 0. The molecule has 0 atom stereocenters. The average Bonchev–Trinajstić information content (AvgIpc) is 2.75. The minimum absolute atomic E-state index is 0. The van der Waals surface area contributed by atoms with Gasteiger partial charge in [-0.25, -0.2) is 0 Å². The molecule has 3 heteroatoms. The molecule has 0 saturated carbocycles. The Morgan fingerprint density at radius 1 is 1.00 bits per heavy atom. The number of rotatable bonds is 9. The molecule has 1 heterocycles. The summed E-state index contributed by atoms with van der Waals surface area (Å²) in [6.07, 6.45) is 13.6. The number of nitrogens with zero attached hydrogens (tertiary/aromatic N) is 1. The summed E-state index contributed by atoms with van der Waals surface area (Å²) < 4.78 is 0. The molecular weight excluding hydrogens is 238 g/mol. The standard InChI is InChI=1S/C13H25NS.ClH/c1-2-3-4-5-6-7-8-9-10-14-11-12-15-13-14;/h11-12H,2-10,13H2,1H3;1H. The lowest BCUT2D eigenvalue weighted by Crippen LogP contribution is -2.14. The van der Waals surface area contributed by atoms with E-state index in [-0.39, 0.29) is 12.4 Å². The molecule has 0 aliphatic carbocycles. The van der Waals surface area contributed by atoms with Crippen molar-refractivity contribution in [2.75, 3.05) is 12.4 Å². The Kier molecular flexibility index (Phi) is 11.8. The van der Waals surface area contributed by atoms with Gasteiger partial charge in [0.15, 0.2) is 0 Å². The quantitative estimate of drug-likeness (QED) is 0.537. The number of halogens is 1. The second-order valence-corrected chi connectivity index (χ2v) is 5.23. The molecule has 1 aliphatic rings. The normalized spacial score (nSPS) is 14.2. The van der Waals surface area contributed by atoms with Crippen LogP contribution in [0.25, 0.3) is 0 Å². The van der Waals surface area contributed by atoms with E-state index < -0.39 is 0 Å². The smallest absolute Gasteiger partial charge is 0.0675 e. The van der Waals surface area contributed by atoms with Crippen LogP contribution in [-0.2, 0) is 0 Å². The molecule has 0 aromatic heterocycles. The van der Waals surface area contributed by atoms with Crippen LogP contribution in [0.1, 0.15) is 58.3 Å². The summed E-state index contributed by atoms with van der Waals surface area (Å²) in [4.78, 5) is 2.42. The molecule has 1 rings (SSSR count). The summed E-state index contributed by atoms with van der Waals surface area (Å²) >= 11 is 1.90. The van der Waals surface area contributed by atoms with Gasteiger partial charge < -0.3 is 4.90 Å². The van der Waals surface area contributed by atoms with Crippen molar-refractivity contribution < 1.29 is 0 Å². The monoisotopic (exact) mass is 263 g/mol. The predicted octanol–water partition coefficient (Wildman–Crippen LogP) is 5.03. The highest BCUT2D eigenvalue weighted by Crippen LogP contribution is 2.16. The van der Waals surface area contributed by atoms with E-state index in [4.69, 9.17) is 0 Å². The summed E-state index contributed by atoms with van der Waals surface area (Å²) in [6.45, 7) is 3.54. The fraction of sp³-hybridized carbons (Fsp3) is 0.846. The zero-order valence-corrected chi connectivity index (χ0v) is 12.1. The second kappa shape index (κ2) is 11.7. The van der Waals surface area contributed by atoms with Crippen molar-refractivity contribution in [3.63, 3.8) is 0 Å². The maximum Gasteiger partial charge on any atom is 0.0675 e. The topological polar surface area (TPSA) is 3.24 Å². The summed E-state index contributed by atoms with van der Waals surface area (Å²) in [5, 5.41) is 2.20. The first-order valence-corrected chi connectivity index (χ1v) is 7.50. The van der Waals surface area contributed by atoms with E-state index in [9.17, 15) is 0 Å². The molecule has 0 amide bonds. The van der Waals surface area contributed by atoms with Gasteiger partial charge in [0.25, 0.3) is 0 Å². The van der Waals surface area contributed by atoms with E-state index in [0.29, 0.717) is 0 Å². The zero-order valence-electron chi connectivity index (χ0n) is 10.5. The maximum absolute atomic E-state index is 2.42. The Morgan fingerprint density at radius 3 is 2.19 bits per heavy atom. The van der Waals surface area contributed by atoms with Crippen LogP contribution in [0.5, 0.6) is 0 Å². The van der Waals surface area contributed by atoms with Gasteiger partial charge in [0.2, 0.25) is 0 Å². The van der Waals surface area contributed by atoms with E-state index in [1.54, 1.807) is 0 Å². The molecule has 1 aliphatic heterocycles. The molecular formula is C13H26ClNS. The Hall–Kier alpha value is 0.180. The van der Waals surface area contributed by atoms with Gasteiger partial charge in [0.05, 0.1) is 5.88 Å². The van der Waals surface area contributed by atoms with Gasteiger partial charge in [-0.2, -0.15) is 0 Å². The maximum atomic E-state index is 2.42. The first-order chi connectivity index (χ1) is 7.43. The summed E-state index contributed by atoms with van der Waals surface area (Å²) in [5.74, 6) is 1.18. The molecule has 0 radical (unpaired) electrons. The molecule has 0 aromatic carbocycles. The van der Waals surface area contributed by atoms with Crippen molar-refractivity contribution in [1.82, 2.24) is 4.90 Å². The van der Waals surface area contributed by atoms with Crippen molar-refractivity contribution in [2.24, 2.45) is 0 Å². The molecule has 0 N–H and O–H groups in total. The van der Waals surface area contributed by atoms with Gasteiger partial charge >= 0.3 is 0 Å². The summed E-state index contributed by atoms with van der Waals surface area (Å²) in [5.41, 5.74) is 0. The molecule has 1 nitrogen and oxygen atoms in total. The predicted molar refractivity (Wildman–Crippen MR) is 78.2 cm³/mol. The lowest BCUT2D eigenvalue weighted by molar-refractivity contribution is 0.420. The number of hydrogen-bond donors (Lipinski definition) is 0. The van der Waals surface area contributed by atoms with Crippen molar-refractivity contribution in [3.8, 4) is 0 Å². The van der Waals surface area contributed by atoms with Gasteiger partial charge in [0, 0.05) is 12.7 Å². The van der Waals surface area contributed by atoms with Crippen LogP contribution in [0.4, 0.5) is 0 Å².